The summed E-state index contributed by atoms with van der Waals surface area (Å²) in [7, 11) is 0. The number of carbonyl (C=O) groups excluding carboxylic acids is 3. The monoisotopic (exact) mass is 642 g/mol. The fourth-order valence-corrected chi connectivity index (χ4v) is 5.11. The summed E-state index contributed by atoms with van der Waals surface area (Å²) in [6.45, 7) is 6.20. The topological polar surface area (TPSA) is 97.4 Å². The Hall–Kier alpha value is -4.69. The Morgan fingerprint density at radius 1 is 0.723 bits per heavy atom. The van der Waals surface area contributed by atoms with Gasteiger partial charge in [0.1, 0.15) is 29.5 Å². The van der Waals surface area contributed by atoms with Gasteiger partial charge in [0.15, 0.2) is 0 Å². The maximum Gasteiger partial charge on any atom is 0.343 e. The fraction of sp³-hybridized carbons (Fsp3) is 0.462. The lowest BCUT2D eigenvalue weighted by Gasteiger charge is -2.25. The lowest BCUT2D eigenvalue weighted by atomic mass is 9.87. The predicted molar refractivity (Wildman–Crippen MR) is 180 cm³/mol. The molecule has 1 aliphatic carbocycles. The second-order valence-corrected chi connectivity index (χ2v) is 11.4. The highest BCUT2D eigenvalue weighted by Gasteiger charge is 2.28. The van der Waals surface area contributed by atoms with Gasteiger partial charge in [0.2, 0.25) is 0 Å². The Balaban J connectivity index is 1.25. The molecule has 250 valence electrons. The van der Waals surface area contributed by atoms with Crippen molar-refractivity contribution in [3.8, 4) is 41.1 Å². The zero-order chi connectivity index (χ0) is 33.5. The molecule has 1 saturated carbocycles. The minimum atomic E-state index is -0.483. The van der Waals surface area contributed by atoms with Crippen molar-refractivity contribution in [2.45, 2.75) is 96.5 Å². The zero-order valence-electron chi connectivity index (χ0n) is 27.4. The molecule has 8 nitrogen and oxygen atoms in total. The van der Waals surface area contributed by atoms with Crippen LogP contribution < -0.4 is 14.2 Å². The van der Waals surface area contributed by atoms with E-state index in [0.717, 1.165) is 44.9 Å². The van der Waals surface area contributed by atoms with Gasteiger partial charge >= 0.3 is 17.9 Å². The summed E-state index contributed by atoms with van der Waals surface area (Å²) in [6.07, 6.45) is 16.7. The van der Waals surface area contributed by atoms with E-state index in [1.165, 1.54) is 31.8 Å². The van der Waals surface area contributed by atoms with E-state index in [9.17, 15) is 14.4 Å². The molecule has 0 heterocycles. The quantitative estimate of drug-likeness (QED) is 0.0500. The first-order valence-electron chi connectivity index (χ1n) is 16.6. The van der Waals surface area contributed by atoms with Crippen LogP contribution in [0.2, 0.25) is 0 Å². The van der Waals surface area contributed by atoms with Crippen LogP contribution >= 0.6 is 0 Å². The van der Waals surface area contributed by atoms with E-state index in [1.807, 2.05) is 0 Å². The van der Waals surface area contributed by atoms with Gasteiger partial charge in [0.25, 0.3) is 0 Å². The van der Waals surface area contributed by atoms with Crippen LogP contribution in [-0.2, 0) is 19.1 Å². The van der Waals surface area contributed by atoms with Crippen molar-refractivity contribution in [2.24, 2.45) is 5.92 Å². The summed E-state index contributed by atoms with van der Waals surface area (Å²) in [4.78, 5) is 36.2. The van der Waals surface area contributed by atoms with Crippen molar-refractivity contribution >= 4 is 17.9 Å². The van der Waals surface area contributed by atoms with Gasteiger partial charge in [-0.05, 0) is 99.9 Å². The van der Waals surface area contributed by atoms with Crippen LogP contribution in [0.3, 0.4) is 0 Å². The molecular weight excluding hydrogens is 596 g/mol. The number of ether oxygens (including phenoxy) is 5. The average Bonchev–Trinajstić information content (AvgIpc) is 3.10. The van der Waals surface area contributed by atoms with Crippen LogP contribution in [0.25, 0.3) is 0 Å². The Morgan fingerprint density at radius 2 is 1.28 bits per heavy atom. The Kier molecular flexibility index (Phi) is 17.2. The smallest absolute Gasteiger partial charge is 0.343 e. The number of esters is 3. The maximum absolute atomic E-state index is 12.6. The normalized spacial score (nSPS) is 15.1. The molecule has 0 spiro atoms. The van der Waals surface area contributed by atoms with Gasteiger partial charge in [-0.3, -0.25) is 4.79 Å². The number of hydrogen-bond acceptors (Lipinski definition) is 8. The van der Waals surface area contributed by atoms with E-state index in [0.29, 0.717) is 48.9 Å². The van der Waals surface area contributed by atoms with E-state index < -0.39 is 5.97 Å². The fourth-order valence-electron chi connectivity index (χ4n) is 5.11. The van der Waals surface area contributed by atoms with Gasteiger partial charge < -0.3 is 23.7 Å². The molecule has 0 aromatic heterocycles. The van der Waals surface area contributed by atoms with E-state index in [4.69, 9.17) is 23.7 Å². The second-order valence-electron chi connectivity index (χ2n) is 11.4. The van der Waals surface area contributed by atoms with Gasteiger partial charge in [-0.1, -0.05) is 57.4 Å². The van der Waals surface area contributed by atoms with Crippen LogP contribution in [0.4, 0.5) is 0 Å². The highest BCUT2D eigenvalue weighted by atomic mass is 16.5. The molecule has 2 aromatic carbocycles. The molecule has 8 heteroatoms. The minimum absolute atomic E-state index is 0.00562. The summed E-state index contributed by atoms with van der Waals surface area (Å²) < 4.78 is 27.3. The van der Waals surface area contributed by atoms with E-state index in [2.05, 4.69) is 30.4 Å². The third-order valence-electron chi connectivity index (χ3n) is 7.78. The molecule has 0 atom stereocenters. The molecule has 0 unspecified atom stereocenters. The van der Waals surface area contributed by atoms with Crippen LogP contribution in [-0.4, -0.2) is 37.2 Å². The first kappa shape index (κ1) is 36.8. The summed E-state index contributed by atoms with van der Waals surface area (Å²) in [5.74, 6) is 8.12. The van der Waals surface area contributed by atoms with E-state index >= 15 is 0 Å². The second kappa shape index (κ2) is 21.9. The van der Waals surface area contributed by atoms with Crippen LogP contribution in [0.5, 0.6) is 17.2 Å². The zero-order valence-corrected chi connectivity index (χ0v) is 27.4. The van der Waals surface area contributed by atoms with Crippen LogP contribution in [0.1, 0.15) is 101 Å². The largest absolute Gasteiger partial charge is 0.494 e. The molecular formula is C39H46O8. The first-order chi connectivity index (χ1) is 23.0. The molecule has 0 radical (unpaired) electrons. The standard InChI is InChI=1S/C39H46O8/c1-3-5-13-28-43-33-20-16-31(17-21-33)38(41)46-35-24-26-36(27-25-35)47-39(42)32-18-22-34(23-19-32)44-29-14-11-9-7-6-8-10-12-15-30-45-37(40)4-2/h4,18-19,22-27,31,33H,2,6-12,14-17,20-21,29-30H2,1H3. The van der Waals surface area contributed by atoms with Gasteiger partial charge in [0, 0.05) is 12.0 Å². The minimum Gasteiger partial charge on any atom is -0.494 e. The SMILES string of the molecule is C=CC(=O)OCCCCCCCCCCCOc1ccc(C(=O)Oc2ccc(OC(=O)C3CCC(OC#CC#CC)CC3)cc2)cc1. The highest BCUT2D eigenvalue weighted by molar-refractivity contribution is 5.91. The van der Waals surface area contributed by atoms with Crippen LogP contribution in [0.15, 0.2) is 61.2 Å². The lowest BCUT2D eigenvalue weighted by Crippen LogP contribution is -2.28. The summed E-state index contributed by atoms with van der Waals surface area (Å²) in [5.41, 5.74) is 0.412. The molecule has 0 N–H and O–H groups in total. The van der Waals surface area contributed by atoms with Gasteiger partial charge in [-0.2, -0.15) is 0 Å². The number of benzene rings is 2. The van der Waals surface area contributed by atoms with Gasteiger partial charge in [-0.25, -0.2) is 9.59 Å². The van der Waals surface area contributed by atoms with Crippen molar-refractivity contribution in [3.63, 3.8) is 0 Å². The molecule has 1 aliphatic rings. The Morgan fingerprint density at radius 3 is 1.87 bits per heavy atom. The highest BCUT2D eigenvalue weighted by Crippen LogP contribution is 2.28. The molecule has 47 heavy (non-hydrogen) atoms. The maximum atomic E-state index is 12.6. The average molecular weight is 643 g/mol. The number of hydrogen-bond donors (Lipinski definition) is 0. The lowest BCUT2D eigenvalue weighted by molar-refractivity contribution is -0.140. The number of carbonyl (C=O) groups is 3. The first-order valence-corrected chi connectivity index (χ1v) is 16.6. The summed E-state index contributed by atoms with van der Waals surface area (Å²) in [5, 5.41) is 0. The molecule has 2 aromatic rings. The van der Waals surface area contributed by atoms with Crippen molar-refractivity contribution in [2.75, 3.05) is 13.2 Å². The molecule has 3 rings (SSSR count). The van der Waals surface area contributed by atoms with Crippen molar-refractivity contribution in [1.82, 2.24) is 0 Å². The molecule has 1 fully saturated rings. The molecule has 0 aliphatic heterocycles. The van der Waals surface area contributed by atoms with Gasteiger partial charge in [-0.15, -0.1) is 0 Å². The predicted octanol–water partition coefficient (Wildman–Crippen LogP) is 7.99. The number of rotatable bonds is 19. The molecule has 0 saturated heterocycles. The van der Waals surface area contributed by atoms with E-state index in [1.54, 1.807) is 55.5 Å². The van der Waals surface area contributed by atoms with E-state index in [-0.39, 0.29) is 24.0 Å². The third kappa shape index (κ3) is 15.0. The van der Waals surface area contributed by atoms with Crippen molar-refractivity contribution in [1.29, 1.82) is 0 Å². The Labute approximate surface area is 279 Å². The van der Waals surface area contributed by atoms with Gasteiger partial charge in [0.05, 0.1) is 24.7 Å². The van der Waals surface area contributed by atoms with Crippen molar-refractivity contribution in [3.05, 3.63) is 66.7 Å². The summed E-state index contributed by atoms with van der Waals surface area (Å²) in [6, 6.07) is 13.3. The number of unbranched alkanes of at least 4 members (excludes halogenated alkanes) is 8. The Bertz CT molecular complexity index is 1380. The third-order valence-corrected chi connectivity index (χ3v) is 7.78. The van der Waals surface area contributed by atoms with Crippen LogP contribution in [0, 0.1) is 29.8 Å². The summed E-state index contributed by atoms with van der Waals surface area (Å²) >= 11 is 0. The molecule has 0 amide bonds. The van der Waals surface area contributed by atoms with Crippen molar-refractivity contribution < 1.29 is 38.1 Å². The molecule has 0 bridgehead atoms.